The fraction of sp³-hybridized carbons (Fsp3) is 0.111. The largest absolute Gasteiger partial charge is 0.293 e. The van der Waals surface area contributed by atoms with E-state index in [0.29, 0.717) is 11.1 Å². The Labute approximate surface area is 118 Å². The van der Waals surface area contributed by atoms with E-state index < -0.39 is 5.92 Å². The van der Waals surface area contributed by atoms with Gasteiger partial charge in [0.25, 0.3) is 0 Å². The van der Waals surface area contributed by atoms with E-state index in [4.69, 9.17) is 6.42 Å². The van der Waals surface area contributed by atoms with Gasteiger partial charge >= 0.3 is 0 Å². The van der Waals surface area contributed by atoms with E-state index in [1.807, 2.05) is 12.1 Å². The number of rotatable bonds is 5. The quantitative estimate of drug-likeness (QED) is 0.470. The van der Waals surface area contributed by atoms with Crippen molar-refractivity contribution >= 4 is 11.6 Å². The SMILES string of the molecule is C#CCC(C(=O)c1ccccc1)C(=O)c1ccccc1. The average Bonchev–Trinajstić information content (AvgIpc) is 2.53. The molecule has 0 fully saturated rings. The van der Waals surface area contributed by atoms with E-state index in [-0.39, 0.29) is 18.0 Å². The molecule has 2 rings (SSSR count). The van der Waals surface area contributed by atoms with Gasteiger partial charge in [-0.25, -0.2) is 0 Å². The minimum absolute atomic E-state index is 0.113. The summed E-state index contributed by atoms with van der Waals surface area (Å²) in [4.78, 5) is 24.9. The molecule has 0 heterocycles. The molecule has 0 unspecified atom stereocenters. The normalized spacial score (nSPS) is 10.0. The minimum atomic E-state index is -0.815. The third-order valence-corrected chi connectivity index (χ3v) is 3.07. The Bertz CT molecular complexity index is 585. The van der Waals surface area contributed by atoms with Crippen molar-refractivity contribution in [3.8, 4) is 12.3 Å². The molecule has 0 aliphatic carbocycles. The number of hydrogen-bond acceptors (Lipinski definition) is 2. The molecule has 0 aliphatic rings. The van der Waals surface area contributed by atoms with Crippen LogP contribution >= 0.6 is 0 Å². The summed E-state index contributed by atoms with van der Waals surface area (Å²) in [5, 5.41) is 0. The molecule has 0 saturated heterocycles. The van der Waals surface area contributed by atoms with E-state index in [9.17, 15) is 9.59 Å². The second-order valence-corrected chi connectivity index (χ2v) is 4.42. The number of carbonyl (C=O) groups excluding carboxylic acids is 2. The lowest BCUT2D eigenvalue weighted by atomic mass is 9.88. The molecule has 0 aromatic heterocycles. The van der Waals surface area contributed by atoms with Gasteiger partial charge in [-0.05, 0) is 0 Å². The first-order valence-electron chi connectivity index (χ1n) is 6.36. The Hall–Kier alpha value is -2.66. The smallest absolute Gasteiger partial charge is 0.174 e. The van der Waals surface area contributed by atoms with Crippen LogP contribution in [0, 0.1) is 18.3 Å². The van der Waals surface area contributed by atoms with E-state index in [0.717, 1.165) is 0 Å². The highest BCUT2D eigenvalue weighted by molar-refractivity contribution is 6.16. The lowest BCUT2D eigenvalue weighted by Crippen LogP contribution is -2.24. The lowest BCUT2D eigenvalue weighted by molar-refractivity contribution is 0.0810. The van der Waals surface area contributed by atoms with E-state index in [1.54, 1.807) is 48.5 Å². The molecule has 0 bridgehead atoms. The van der Waals surface area contributed by atoms with Gasteiger partial charge in [-0.2, -0.15) is 0 Å². The molecule has 20 heavy (non-hydrogen) atoms. The van der Waals surface area contributed by atoms with Gasteiger partial charge in [0.1, 0.15) is 0 Å². The summed E-state index contributed by atoms with van der Waals surface area (Å²) in [5.41, 5.74) is 1.02. The standard InChI is InChI=1S/C18H14O2/c1-2-9-16(17(19)14-10-5-3-6-11-14)18(20)15-12-7-4-8-13-15/h1,3-8,10-13,16H,9H2. The molecular weight excluding hydrogens is 248 g/mol. The second-order valence-electron chi connectivity index (χ2n) is 4.42. The van der Waals surface area contributed by atoms with E-state index >= 15 is 0 Å². The maximum Gasteiger partial charge on any atom is 0.174 e. The third-order valence-electron chi connectivity index (χ3n) is 3.07. The van der Waals surface area contributed by atoms with Crippen LogP contribution in [0.3, 0.4) is 0 Å². The summed E-state index contributed by atoms with van der Waals surface area (Å²) in [6.45, 7) is 0. The molecule has 0 atom stereocenters. The van der Waals surface area contributed by atoms with Crippen LogP contribution in [0.15, 0.2) is 60.7 Å². The molecule has 2 nitrogen and oxygen atoms in total. The van der Waals surface area contributed by atoms with Crippen molar-refractivity contribution in [3.05, 3.63) is 71.8 Å². The Morgan fingerprint density at radius 2 is 1.25 bits per heavy atom. The highest BCUT2D eigenvalue weighted by Crippen LogP contribution is 2.18. The molecule has 2 heteroatoms. The van der Waals surface area contributed by atoms with Crippen LogP contribution in [-0.2, 0) is 0 Å². The number of hydrogen-bond donors (Lipinski definition) is 0. The lowest BCUT2D eigenvalue weighted by Gasteiger charge is -2.12. The van der Waals surface area contributed by atoms with Gasteiger partial charge in [0.15, 0.2) is 11.6 Å². The summed E-state index contributed by atoms with van der Waals surface area (Å²) in [5.74, 6) is 1.16. The average molecular weight is 262 g/mol. The van der Waals surface area contributed by atoms with E-state index in [1.165, 1.54) is 0 Å². The van der Waals surface area contributed by atoms with Crippen LogP contribution in [0.2, 0.25) is 0 Å². The summed E-state index contributed by atoms with van der Waals surface area (Å²) < 4.78 is 0. The van der Waals surface area contributed by atoms with Crippen molar-refractivity contribution in [3.63, 3.8) is 0 Å². The fourth-order valence-corrected chi connectivity index (χ4v) is 2.03. The highest BCUT2D eigenvalue weighted by Gasteiger charge is 2.27. The molecule has 0 radical (unpaired) electrons. The first-order chi connectivity index (χ1) is 9.74. The number of benzene rings is 2. The highest BCUT2D eigenvalue weighted by atomic mass is 16.1. The molecule has 2 aromatic rings. The van der Waals surface area contributed by atoms with Crippen LogP contribution in [0.5, 0.6) is 0 Å². The van der Waals surface area contributed by atoms with Gasteiger partial charge in [0.05, 0.1) is 5.92 Å². The molecule has 98 valence electrons. The van der Waals surface area contributed by atoms with Crippen molar-refractivity contribution in [2.45, 2.75) is 6.42 Å². The van der Waals surface area contributed by atoms with Crippen molar-refractivity contribution < 1.29 is 9.59 Å². The van der Waals surface area contributed by atoms with Gasteiger partial charge in [-0.15, -0.1) is 12.3 Å². The first kappa shape index (κ1) is 13.8. The Morgan fingerprint density at radius 1 is 0.850 bits per heavy atom. The summed E-state index contributed by atoms with van der Waals surface area (Å²) in [7, 11) is 0. The Kier molecular flexibility index (Phi) is 4.47. The maximum absolute atomic E-state index is 12.4. The molecular formula is C18H14O2. The summed E-state index contributed by atoms with van der Waals surface area (Å²) in [6.07, 6.45) is 5.42. The number of carbonyl (C=O) groups is 2. The predicted octanol–water partition coefficient (Wildman–Crippen LogP) is 3.39. The molecule has 0 N–H and O–H groups in total. The number of Topliss-reactive ketones (excluding diaryl/α,β-unsaturated/α-hetero) is 2. The van der Waals surface area contributed by atoms with Crippen molar-refractivity contribution in [2.24, 2.45) is 5.92 Å². The minimum Gasteiger partial charge on any atom is -0.293 e. The van der Waals surface area contributed by atoms with Gasteiger partial charge in [-0.1, -0.05) is 60.7 Å². The zero-order valence-electron chi connectivity index (χ0n) is 11.0. The molecule has 0 amide bonds. The van der Waals surface area contributed by atoms with Crippen LogP contribution in [0.25, 0.3) is 0 Å². The first-order valence-corrected chi connectivity index (χ1v) is 6.36. The molecule has 0 aliphatic heterocycles. The van der Waals surface area contributed by atoms with Crippen molar-refractivity contribution in [1.82, 2.24) is 0 Å². The maximum atomic E-state index is 12.4. The number of ketones is 2. The molecule has 2 aromatic carbocycles. The summed E-state index contributed by atoms with van der Waals surface area (Å²) >= 11 is 0. The van der Waals surface area contributed by atoms with Gasteiger partial charge in [0, 0.05) is 17.5 Å². The van der Waals surface area contributed by atoms with Crippen LogP contribution in [0.1, 0.15) is 27.1 Å². The van der Waals surface area contributed by atoms with E-state index in [2.05, 4.69) is 5.92 Å². The van der Waals surface area contributed by atoms with Crippen LogP contribution in [-0.4, -0.2) is 11.6 Å². The molecule has 0 spiro atoms. The Balaban J connectivity index is 2.31. The van der Waals surface area contributed by atoms with Crippen LogP contribution in [0.4, 0.5) is 0 Å². The fourth-order valence-electron chi connectivity index (χ4n) is 2.03. The monoisotopic (exact) mass is 262 g/mol. The zero-order valence-corrected chi connectivity index (χ0v) is 11.0. The summed E-state index contributed by atoms with van der Waals surface area (Å²) in [6, 6.07) is 17.5. The predicted molar refractivity (Wildman–Crippen MR) is 78.5 cm³/mol. The second kappa shape index (κ2) is 6.49. The van der Waals surface area contributed by atoms with Gasteiger partial charge in [-0.3, -0.25) is 9.59 Å². The van der Waals surface area contributed by atoms with Crippen molar-refractivity contribution in [1.29, 1.82) is 0 Å². The Morgan fingerprint density at radius 3 is 1.60 bits per heavy atom. The van der Waals surface area contributed by atoms with Gasteiger partial charge in [0.2, 0.25) is 0 Å². The number of terminal acetylenes is 1. The van der Waals surface area contributed by atoms with Crippen LogP contribution < -0.4 is 0 Å². The van der Waals surface area contributed by atoms with Gasteiger partial charge < -0.3 is 0 Å². The zero-order chi connectivity index (χ0) is 14.4. The topological polar surface area (TPSA) is 34.1 Å². The van der Waals surface area contributed by atoms with Crippen molar-refractivity contribution in [2.75, 3.05) is 0 Å². The molecule has 0 saturated carbocycles. The third kappa shape index (κ3) is 3.02.